The molecule has 1 aromatic rings. The Labute approximate surface area is 145 Å². The van der Waals surface area contributed by atoms with Crippen molar-refractivity contribution in [1.29, 1.82) is 0 Å². The van der Waals surface area contributed by atoms with Crippen molar-refractivity contribution in [3.63, 3.8) is 0 Å². The molecule has 1 atom stereocenters. The van der Waals surface area contributed by atoms with Gasteiger partial charge in [0.05, 0.1) is 18.1 Å². The summed E-state index contributed by atoms with van der Waals surface area (Å²) in [5, 5.41) is 0. The minimum absolute atomic E-state index is 0.0190. The van der Waals surface area contributed by atoms with Crippen molar-refractivity contribution < 1.29 is 14.3 Å². The highest BCUT2D eigenvalue weighted by atomic mass is 79.9. The zero-order chi connectivity index (χ0) is 16.8. The summed E-state index contributed by atoms with van der Waals surface area (Å²) in [7, 11) is 3.41. The first-order chi connectivity index (χ1) is 11.0. The van der Waals surface area contributed by atoms with Gasteiger partial charge in [0, 0.05) is 38.3 Å². The third-order valence-corrected chi connectivity index (χ3v) is 4.86. The molecule has 23 heavy (non-hydrogen) atoms. The largest absolute Gasteiger partial charge is 0.383 e. The number of hydrogen-bond donors (Lipinski definition) is 0. The normalized spacial score (nSPS) is 17.9. The van der Waals surface area contributed by atoms with Gasteiger partial charge in [0.15, 0.2) is 0 Å². The number of methoxy groups -OCH3 is 1. The second kappa shape index (κ2) is 8.45. The van der Waals surface area contributed by atoms with E-state index < -0.39 is 0 Å². The van der Waals surface area contributed by atoms with Gasteiger partial charge in [-0.3, -0.25) is 9.59 Å². The Bertz CT molecular complexity index is 565. The summed E-state index contributed by atoms with van der Waals surface area (Å²) >= 11 is 3.42. The molecule has 6 heteroatoms. The molecular weight excluding hydrogens is 360 g/mol. The second-order valence-corrected chi connectivity index (χ2v) is 6.68. The van der Waals surface area contributed by atoms with Crippen LogP contribution < -0.4 is 0 Å². The molecule has 0 spiro atoms. The lowest BCUT2D eigenvalue weighted by Crippen LogP contribution is -2.46. The third kappa shape index (κ3) is 4.54. The van der Waals surface area contributed by atoms with E-state index in [1.807, 2.05) is 24.3 Å². The second-order valence-electron chi connectivity index (χ2n) is 5.82. The Morgan fingerprint density at radius 2 is 2.13 bits per heavy atom. The van der Waals surface area contributed by atoms with E-state index in [2.05, 4.69) is 15.9 Å². The van der Waals surface area contributed by atoms with Crippen LogP contribution in [-0.2, 0) is 9.53 Å². The fourth-order valence-corrected chi connectivity index (χ4v) is 3.27. The number of carbonyl (C=O) groups is 2. The predicted octanol–water partition coefficient (Wildman–Crippen LogP) is 2.41. The molecule has 1 aliphatic rings. The molecular formula is C17H23BrN2O3. The lowest BCUT2D eigenvalue weighted by atomic mass is 9.96. The molecule has 5 nitrogen and oxygen atoms in total. The fourth-order valence-electron chi connectivity index (χ4n) is 2.82. The molecule has 1 aromatic carbocycles. The molecule has 2 rings (SSSR count). The number of piperidine rings is 1. The molecule has 1 saturated heterocycles. The molecule has 1 fully saturated rings. The molecule has 0 aromatic heterocycles. The minimum Gasteiger partial charge on any atom is -0.383 e. The van der Waals surface area contributed by atoms with Crippen molar-refractivity contribution in [2.75, 3.05) is 40.4 Å². The minimum atomic E-state index is -0.128. The molecule has 126 valence electrons. The smallest absolute Gasteiger partial charge is 0.255 e. The van der Waals surface area contributed by atoms with Crippen molar-refractivity contribution in [1.82, 2.24) is 9.80 Å². The average Bonchev–Trinajstić information content (AvgIpc) is 2.59. The van der Waals surface area contributed by atoms with Crippen LogP contribution in [0, 0.1) is 5.92 Å². The Morgan fingerprint density at radius 3 is 2.83 bits per heavy atom. The number of likely N-dealkylation sites (N-methyl/N-ethyl adjacent to an activating group) is 1. The fraction of sp³-hybridized carbons (Fsp3) is 0.529. The van der Waals surface area contributed by atoms with Gasteiger partial charge in [-0.2, -0.15) is 0 Å². The number of likely N-dealkylation sites (tertiary alicyclic amines) is 1. The summed E-state index contributed by atoms with van der Waals surface area (Å²) in [6.07, 6.45) is 1.68. The zero-order valence-electron chi connectivity index (χ0n) is 13.6. The van der Waals surface area contributed by atoms with Crippen LogP contribution in [0.5, 0.6) is 0 Å². The maximum Gasteiger partial charge on any atom is 0.255 e. The molecule has 1 aliphatic heterocycles. The number of hydrogen-bond acceptors (Lipinski definition) is 3. The van der Waals surface area contributed by atoms with Crippen LogP contribution in [0.15, 0.2) is 28.7 Å². The Hall–Kier alpha value is -1.40. The van der Waals surface area contributed by atoms with Crippen LogP contribution in [0.1, 0.15) is 23.2 Å². The summed E-state index contributed by atoms with van der Waals surface area (Å²) < 4.78 is 5.80. The van der Waals surface area contributed by atoms with Gasteiger partial charge in [0.25, 0.3) is 5.91 Å². The van der Waals surface area contributed by atoms with Crippen molar-refractivity contribution in [2.45, 2.75) is 12.8 Å². The number of benzene rings is 1. The summed E-state index contributed by atoms with van der Waals surface area (Å²) in [5.74, 6) is -0.0572. The van der Waals surface area contributed by atoms with Crippen molar-refractivity contribution in [3.05, 3.63) is 34.3 Å². The van der Waals surface area contributed by atoms with Crippen LogP contribution in [0.4, 0.5) is 0 Å². The SMILES string of the molecule is COCCN(C)C(=O)[C@@H]1CCCN(C(=O)c2ccccc2Br)C1. The van der Waals surface area contributed by atoms with Crippen LogP contribution in [0.3, 0.4) is 0 Å². The van der Waals surface area contributed by atoms with Crippen LogP contribution in [0.2, 0.25) is 0 Å². The number of halogens is 1. The molecule has 1 heterocycles. The summed E-state index contributed by atoms with van der Waals surface area (Å²) in [5.41, 5.74) is 0.647. The van der Waals surface area contributed by atoms with Crippen LogP contribution in [0.25, 0.3) is 0 Å². The Balaban J connectivity index is 2.02. The highest BCUT2D eigenvalue weighted by Gasteiger charge is 2.30. The average molecular weight is 383 g/mol. The molecule has 0 saturated carbocycles. The number of amides is 2. The van der Waals surface area contributed by atoms with Crippen molar-refractivity contribution >= 4 is 27.7 Å². The van der Waals surface area contributed by atoms with E-state index in [0.29, 0.717) is 31.8 Å². The summed E-state index contributed by atoms with van der Waals surface area (Å²) in [6, 6.07) is 7.40. The lowest BCUT2D eigenvalue weighted by Gasteiger charge is -2.34. The first-order valence-electron chi connectivity index (χ1n) is 7.82. The first kappa shape index (κ1) is 17.9. The monoisotopic (exact) mass is 382 g/mol. The first-order valence-corrected chi connectivity index (χ1v) is 8.61. The van der Waals surface area contributed by atoms with E-state index in [4.69, 9.17) is 4.74 Å². The number of nitrogens with zero attached hydrogens (tertiary/aromatic N) is 2. The number of ether oxygens (including phenoxy) is 1. The van der Waals surface area contributed by atoms with Gasteiger partial charge >= 0.3 is 0 Å². The Morgan fingerprint density at radius 1 is 1.39 bits per heavy atom. The lowest BCUT2D eigenvalue weighted by molar-refractivity contribution is -0.136. The van der Waals surface area contributed by atoms with Gasteiger partial charge in [-0.1, -0.05) is 12.1 Å². The molecule has 0 radical (unpaired) electrons. The highest BCUT2D eigenvalue weighted by Crippen LogP contribution is 2.23. The van der Waals surface area contributed by atoms with Gasteiger partial charge < -0.3 is 14.5 Å². The zero-order valence-corrected chi connectivity index (χ0v) is 15.2. The van der Waals surface area contributed by atoms with Crippen molar-refractivity contribution in [2.24, 2.45) is 5.92 Å². The van der Waals surface area contributed by atoms with E-state index in [0.717, 1.165) is 17.3 Å². The van der Waals surface area contributed by atoms with Gasteiger partial charge in [0.1, 0.15) is 0 Å². The van der Waals surface area contributed by atoms with E-state index in [-0.39, 0.29) is 17.7 Å². The van der Waals surface area contributed by atoms with E-state index in [1.54, 1.807) is 24.0 Å². The summed E-state index contributed by atoms with van der Waals surface area (Å²) in [6.45, 7) is 2.28. The van der Waals surface area contributed by atoms with Crippen molar-refractivity contribution in [3.8, 4) is 0 Å². The molecule has 0 unspecified atom stereocenters. The number of carbonyl (C=O) groups excluding carboxylic acids is 2. The van der Waals surface area contributed by atoms with Gasteiger partial charge in [-0.25, -0.2) is 0 Å². The quantitative estimate of drug-likeness (QED) is 0.785. The number of rotatable bonds is 5. The summed E-state index contributed by atoms with van der Waals surface area (Å²) in [4.78, 5) is 28.7. The highest BCUT2D eigenvalue weighted by molar-refractivity contribution is 9.10. The maximum atomic E-state index is 12.7. The van der Waals surface area contributed by atoms with Crippen LogP contribution >= 0.6 is 15.9 Å². The molecule has 0 N–H and O–H groups in total. The topological polar surface area (TPSA) is 49.9 Å². The Kier molecular flexibility index (Phi) is 6.59. The maximum absolute atomic E-state index is 12.7. The van der Waals surface area contributed by atoms with Crippen LogP contribution in [-0.4, -0.2) is 62.0 Å². The van der Waals surface area contributed by atoms with Gasteiger partial charge in [-0.05, 0) is 40.9 Å². The standard InChI is InChI=1S/C17H23BrN2O3/c1-19(10-11-23-2)16(21)13-6-5-9-20(12-13)17(22)14-7-3-4-8-15(14)18/h3-4,7-8,13H,5-6,9-12H2,1-2H3/t13-/m1/s1. The van der Waals surface area contributed by atoms with E-state index >= 15 is 0 Å². The molecule has 2 amide bonds. The van der Waals surface area contributed by atoms with Gasteiger partial charge in [0.2, 0.25) is 5.91 Å². The molecule has 0 bridgehead atoms. The predicted molar refractivity (Wildman–Crippen MR) is 92.3 cm³/mol. The molecule has 0 aliphatic carbocycles. The van der Waals surface area contributed by atoms with E-state index in [1.165, 1.54) is 0 Å². The van der Waals surface area contributed by atoms with E-state index in [9.17, 15) is 9.59 Å². The van der Waals surface area contributed by atoms with Gasteiger partial charge in [-0.15, -0.1) is 0 Å². The third-order valence-electron chi connectivity index (χ3n) is 4.17.